The average Bonchev–Trinajstić information content (AvgIpc) is 3.05. The summed E-state index contributed by atoms with van der Waals surface area (Å²) in [4.78, 5) is 23.3. The Bertz CT molecular complexity index is 546. The molecule has 0 spiro atoms. The van der Waals surface area contributed by atoms with E-state index in [9.17, 15) is 9.59 Å². The van der Waals surface area contributed by atoms with Gasteiger partial charge in [-0.2, -0.15) is 0 Å². The number of hydrogen-bond acceptors (Lipinski definition) is 2. The van der Waals surface area contributed by atoms with E-state index in [4.69, 9.17) is 5.11 Å². The molecular formula is C15H17NO3. The fourth-order valence-corrected chi connectivity index (χ4v) is 2.79. The van der Waals surface area contributed by atoms with E-state index < -0.39 is 11.4 Å². The highest BCUT2D eigenvalue weighted by Crippen LogP contribution is 2.45. The van der Waals surface area contributed by atoms with Crippen LogP contribution in [0, 0.1) is 5.41 Å². The van der Waals surface area contributed by atoms with Crippen molar-refractivity contribution < 1.29 is 14.7 Å². The van der Waals surface area contributed by atoms with Gasteiger partial charge in [0, 0.05) is 12.1 Å². The maximum Gasteiger partial charge on any atom is 0.311 e. The van der Waals surface area contributed by atoms with E-state index in [1.165, 1.54) is 5.56 Å². The number of amides is 1. The number of aliphatic carboxylic acids is 1. The van der Waals surface area contributed by atoms with Crippen molar-refractivity contribution >= 4 is 11.9 Å². The molecule has 0 saturated heterocycles. The summed E-state index contributed by atoms with van der Waals surface area (Å²) < 4.78 is 0. The standard InChI is InChI=1S/C15H17NO3/c17-13(16-9-15(7-8-15)14(18)19)12-6-2-4-10-3-1-5-11(10)12/h2,4,6H,1,3,5,7-9H2,(H,16,17)(H,18,19). The second-order valence-electron chi connectivity index (χ2n) is 5.56. The van der Waals surface area contributed by atoms with Gasteiger partial charge in [0.05, 0.1) is 5.41 Å². The first-order valence-electron chi connectivity index (χ1n) is 6.75. The topological polar surface area (TPSA) is 66.4 Å². The van der Waals surface area contributed by atoms with Crippen LogP contribution in [0.4, 0.5) is 0 Å². The lowest BCUT2D eigenvalue weighted by atomic mass is 10.0. The summed E-state index contributed by atoms with van der Waals surface area (Å²) in [6.07, 6.45) is 4.40. The molecule has 100 valence electrons. The monoisotopic (exact) mass is 259 g/mol. The molecule has 19 heavy (non-hydrogen) atoms. The third-order valence-electron chi connectivity index (χ3n) is 4.29. The number of fused-ring (bicyclic) bond motifs is 1. The lowest BCUT2D eigenvalue weighted by Crippen LogP contribution is -2.34. The van der Waals surface area contributed by atoms with Crippen molar-refractivity contribution in [2.45, 2.75) is 32.1 Å². The molecule has 0 atom stereocenters. The highest BCUT2D eigenvalue weighted by molar-refractivity contribution is 5.96. The first-order chi connectivity index (χ1) is 9.12. The largest absolute Gasteiger partial charge is 0.481 e. The van der Waals surface area contributed by atoms with Crippen LogP contribution in [-0.4, -0.2) is 23.5 Å². The molecular weight excluding hydrogens is 242 g/mol. The molecule has 2 aliphatic rings. The highest BCUT2D eigenvalue weighted by Gasteiger charge is 2.50. The summed E-state index contributed by atoms with van der Waals surface area (Å²) >= 11 is 0. The van der Waals surface area contributed by atoms with Gasteiger partial charge in [-0.3, -0.25) is 9.59 Å². The molecule has 3 rings (SSSR count). The first-order valence-corrected chi connectivity index (χ1v) is 6.75. The molecule has 4 heteroatoms. The maximum absolute atomic E-state index is 12.2. The van der Waals surface area contributed by atoms with E-state index in [2.05, 4.69) is 11.4 Å². The second-order valence-corrected chi connectivity index (χ2v) is 5.56. The predicted octanol–water partition coefficient (Wildman–Crippen LogP) is 1.77. The molecule has 1 aromatic rings. The van der Waals surface area contributed by atoms with Gasteiger partial charge in [-0.1, -0.05) is 12.1 Å². The lowest BCUT2D eigenvalue weighted by molar-refractivity contribution is -0.143. The molecule has 1 fully saturated rings. The van der Waals surface area contributed by atoms with E-state index in [1.807, 2.05) is 12.1 Å². The van der Waals surface area contributed by atoms with Crippen molar-refractivity contribution in [3.63, 3.8) is 0 Å². The summed E-state index contributed by atoms with van der Waals surface area (Å²) in [6, 6.07) is 5.81. The summed E-state index contributed by atoms with van der Waals surface area (Å²) in [7, 11) is 0. The molecule has 0 aliphatic heterocycles. The van der Waals surface area contributed by atoms with Crippen LogP contribution >= 0.6 is 0 Å². The van der Waals surface area contributed by atoms with Crippen molar-refractivity contribution in [2.75, 3.05) is 6.54 Å². The number of carbonyl (C=O) groups is 2. The molecule has 0 aromatic heterocycles. The molecule has 2 aliphatic carbocycles. The van der Waals surface area contributed by atoms with Crippen molar-refractivity contribution in [3.05, 3.63) is 34.9 Å². The number of carboxylic acid groups (broad SMARTS) is 1. The van der Waals surface area contributed by atoms with Crippen molar-refractivity contribution in [2.24, 2.45) is 5.41 Å². The zero-order chi connectivity index (χ0) is 13.5. The van der Waals surface area contributed by atoms with E-state index in [0.717, 1.165) is 30.4 Å². The van der Waals surface area contributed by atoms with Gasteiger partial charge >= 0.3 is 5.97 Å². The van der Waals surface area contributed by atoms with E-state index in [1.54, 1.807) is 0 Å². The van der Waals surface area contributed by atoms with Crippen molar-refractivity contribution in [1.82, 2.24) is 5.32 Å². The van der Waals surface area contributed by atoms with Crippen molar-refractivity contribution in [3.8, 4) is 0 Å². The van der Waals surface area contributed by atoms with Crippen LogP contribution in [0.25, 0.3) is 0 Å². The molecule has 4 nitrogen and oxygen atoms in total. The Hall–Kier alpha value is -1.84. The van der Waals surface area contributed by atoms with E-state index in [-0.39, 0.29) is 12.5 Å². The van der Waals surface area contributed by atoms with Gasteiger partial charge in [0.1, 0.15) is 0 Å². The molecule has 1 amide bonds. The molecule has 2 N–H and O–H groups in total. The summed E-state index contributed by atoms with van der Waals surface area (Å²) in [6.45, 7) is 0.241. The zero-order valence-corrected chi connectivity index (χ0v) is 10.7. The number of aryl methyl sites for hydroxylation is 1. The highest BCUT2D eigenvalue weighted by atomic mass is 16.4. The molecule has 0 unspecified atom stereocenters. The first kappa shape index (κ1) is 12.2. The minimum Gasteiger partial charge on any atom is -0.481 e. The Kier molecular flexibility index (Phi) is 2.81. The number of benzene rings is 1. The Labute approximate surface area is 111 Å². The third kappa shape index (κ3) is 2.11. The van der Waals surface area contributed by atoms with Gasteiger partial charge in [0.25, 0.3) is 5.91 Å². The lowest BCUT2D eigenvalue weighted by Gasteiger charge is -2.13. The Balaban J connectivity index is 1.72. The van der Waals surface area contributed by atoms with Gasteiger partial charge in [-0.25, -0.2) is 0 Å². The van der Waals surface area contributed by atoms with E-state index >= 15 is 0 Å². The van der Waals surface area contributed by atoms with Crippen LogP contribution in [0.15, 0.2) is 18.2 Å². The second kappa shape index (κ2) is 4.37. The van der Waals surface area contributed by atoms with E-state index in [0.29, 0.717) is 12.8 Å². The zero-order valence-electron chi connectivity index (χ0n) is 10.7. The smallest absolute Gasteiger partial charge is 0.311 e. The normalized spacial score (nSPS) is 18.7. The van der Waals surface area contributed by atoms with Gasteiger partial charge in [-0.05, 0) is 49.3 Å². The number of rotatable bonds is 4. The minimum atomic E-state index is -0.800. The molecule has 0 bridgehead atoms. The van der Waals surface area contributed by atoms with Gasteiger partial charge in [-0.15, -0.1) is 0 Å². The third-order valence-corrected chi connectivity index (χ3v) is 4.29. The number of hydrogen-bond donors (Lipinski definition) is 2. The molecule has 0 heterocycles. The number of carboxylic acids is 1. The number of carbonyl (C=O) groups excluding carboxylic acids is 1. The van der Waals surface area contributed by atoms with Crippen LogP contribution in [0.5, 0.6) is 0 Å². The van der Waals surface area contributed by atoms with Gasteiger partial charge in [0.15, 0.2) is 0 Å². The maximum atomic E-state index is 12.2. The average molecular weight is 259 g/mol. The Morgan fingerprint density at radius 1 is 1.26 bits per heavy atom. The Morgan fingerprint density at radius 3 is 2.74 bits per heavy atom. The van der Waals surface area contributed by atoms with Gasteiger partial charge in [0.2, 0.25) is 0 Å². The minimum absolute atomic E-state index is 0.133. The van der Waals surface area contributed by atoms with Gasteiger partial charge < -0.3 is 10.4 Å². The van der Waals surface area contributed by atoms with Crippen LogP contribution in [0.3, 0.4) is 0 Å². The summed E-state index contributed by atoms with van der Waals surface area (Å²) in [5.41, 5.74) is 2.41. The molecule has 0 radical (unpaired) electrons. The fourth-order valence-electron chi connectivity index (χ4n) is 2.79. The summed E-state index contributed by atoms with van der Waals surface area (Å²) in [5, 5.41) is 11.9. The predicted molar refractivity (Wildman–Crippen MR) is 70.1 cm³/mol. The fraction of sp³-hybridized carbons (Fsp3) is 0.467. The Morgan fingerprint density at radius 2 is 2.05 bits per heavy atom. The quantitative estimate of drug-likeness (QED) is 0.866. The molecule has 1 saturated carbocycles. The SMILES string of the molecule is O=C(NCC1(C(=O)O)CC1)c1cccc2c1CCC2. The van der Waals surface area contributed by atoms with Crippen LogP contribution < -0.4 is 5.32 Å². The molecule has 1 aromatic carbocycles. The van der Waals surface area contributed by atoms with Crippen LogP contribution in [-0.2, 0) is 17.6 Å². The number of nitrogens with one attached hydrogen (secondary N) is 1. The summed E-state index contributed by atoms with van der Waals surface area (Å²) in [5.74, 6) is -0.933. The van der Waals surface area contributed by atoms with Crippen LogP contribution in [0.2, 0.25) is 0 Å². The van der Waals surface area contributed by atoms with Crippen molar-refractivity contribution in [1.29, 1.82) is 0 Å². The van der Waals surface area contributed by atoms with Crippen LogP contribution in [0.1, 0.15) is 40.7 Å².